The van der Waals surface area contributed by atoms with Gasteiger partial charge in [0.1, 0.15) is 6.61 Å². The average Bonchev–Trinajstić information content (AvgIpc) is 2.93. The Morgan fingerprint density at radius 2 is 2.09 bits per heavy atom. The molecular weight excluding hydrogens is 315 g/mol. The monoisotopic (exact) mass is 329 g/mol. The van der Waals surface area contributed by atoms with E-state index in [-0.39, 0.29) is 24.6 Å². The third kappa shape index (κ3) is 4.78. The minimum atomic E-state index is -4.50. The highest BCUT2D eigenvalue weighted by Gasteiger charge is 2.33. The van der Waals surface area contributed by atoms with E-state index in [4.69, 9.17) is 9.26 Å². The Balaban J connectivity index is 1.95. The molecule has 2 rings (SSSR count). The van der Waals surface area contributed by atoms with E-state index in [9.17, 15) is 18.0 Å². The summed E-state index contributed by atoms with van der Waals surface area (Å²) >= 11 is 0. The molecule has 0 atom stereocenters. The van der Waals surface area contributed by atoms with Crippen LogP contribution < -0.4 is 5.32 Å². The predicted molar refractivity (Wildman–Crippen MR) is 72.0 cm³/mol. The standard InChI is InChI=1S/C14H14F3N3O3/c1-22-8-11-19-13(23-20-11)7-18-12(21)6-9-4-2-3-5-10(9)14(15,16)17/h2-5H,6-8H2,1H3,(H,18,21). The minimum absolute atomic E-state index is 0.0657. The number of halogens is 3. The molecule has 1 heterocycles. The van der Waals surface area contributed by atoms with Gasteiger partial charge in [-0.2, -0.15) is 18.2 Å². The number of alkyl halides is 3. The number of carbonyl (C=O) groups excluding carboxylic acids is 1. The topological polar surface area (TPSA) is 77.3 Å². The molecule has 0 aliphatic carbocycles. The molecule has 23 heavy (non-hydrogen) atoms. The summed E-state index contributed by atoms with van der Waals surface area (Å²) in [4.78, 5) is 15.7. The molecule has 0 bridgehead atoms. The first-order valence-corrected chi connectivity index (χ1v) is 6.62. The third-order valence-corrected chi connectivity index (χ3v) is 2.89. The number of aromatic nitrogens is 2. The van der Waals surface area contributed by atoms with Crippen molar-refractivity contribution in [1.29, 1.82) is 0 Å². The molecule has 1 aromatic carbocycles. The number of hydrogen-bond acceptors (Lipinski definition) is 5. The molecule has 1 amide bonds. The SMILES string of the molecule is COCc1noc(CNC(=O)Cc2ccccc2C(F)(F)F)n1. The van der Waals surface area contributed by atoms with Crippen LogP contribution in [0, 0.1) is 0 Å². The number of benzene rings is 1. The number of ether oxygens (including phenoxy) is 1. The number of hydrogen-bond donors (Lipinski definition) is 1. The van der Waals surface area contributed by atoms with Crippen molar-refractivity contribution >= 4 is 5.91 Å². The van der Waals surface area contributed by atoms with Crippen molar-refractivity contribution in [1.82, 2.24) is 15.5 Å². The van der Waals surface area contributed by atoms with E-state index in [0.29, 0.717) is 5.82 Å². The zero-order valence-electron chi connectivity index (χ0n) is 12.2. The molecule has 1 aromatic heterocycles. The number of methoxy groups -OCH3 is 1. The van der Waals surface area contributed by atoms with Gasteiger partial charge in [0.05, 0.1) is 18.5 Å². The minimum Gasteiger partial charge on any atom is -0.377 e. The van der Waals surface area contributed by atoms with Crippen molar-refractivity contribution in [2.75, 3.05) is 7.11 Å². The third-order valence-electron chi connectivity index (χ3n) is 2.89. The molecule has 1 N–H and O–H groups in total. The zero-order chi connectivity index (χ0) is 16.9. The van der Waals surface area contributed by atoms with E-state index in [1.54, 1.807) is 0 Å². The van der Waals surface area contributed by atoms with Gasteiger partial charge in [-0.15, -0.1) is 0 Å². The molecule has 6 nitrogen and oxygen atoms in total. The molecule has 124 valence electrons. The van der Waals surface area contributed by atoms with Crippen molar-refractivity contribution in [3.8, 4) is 0 Å². The second-order valence-corrected chi connectivity index (χ2v) is 4.65. The van der Waals surface area contributed by atoms with Crippen molar-refractivity contribution in [2.24, 2.45) is 0 Å². The first kappa shape index (κ1) is 16.9. The van der Waals surface area contributed by atoms with Crippen LogP contribution in [-0.2, 0) is 35.3 Å². The number of amides is 1. The first-order valence-electron chi connectivity index (χ1n) is 6.62. The number of nitrogens with one attached hydrogen (secondary N) is 1. The lowest BCUT2D eigenvalue weighted by Gasteiger charge is -2.12. The summed E-state index contributed by atoms with van der Waals surface area (Å²) in [5, 5.41) is 6.04. The Labute approximate surface area is 129 Å². The van der Waals surface area contributed by atoms with Crippen molar-refractivity contribution in [3.63, 3.8) is 0 Å². The maximum atomic E-state index is 12.8. The summed E-state index contributed by atoms with van der Waals surface area (Å²) in [6.45, 7) is 0.0974. The fraction of sp³-hybridized carbons (Fsp3) is 0.357. The Bertz CT molecular complexity index is 671. The number of rotatable bonds is 6. The quantitative estimate of drug-likeness (QED) is 0.878. The fourth-order valence-corrected chi connectivity index (χ4v) is 1.91. The van der Waals surface area contributed by atoms with Gasteiger partial charge in [0, 0.05) is 7.11 Å². The largest absolute Gasteiger partial charge is 0.416 e. The van der Waals surface area contributed by atoms with Crippen molar-refractivity contribution in [3.05, 3.63) is 47.1 Å². The zero-order valence-corrected chi connectivity index (χ0v) is 12.2. The molecule has 0 spiro atoms. The Morgan fingerprint density at radius 1 is 1.35 bits per heavy atom. The normalized spacial score (nSPS) is 11.5. The first-order chi connectivity index (χ1) is 10.9. The van der Waals surface area contributed by atoms with E-state index < -0.39 is 24.1 Å². The molecule has 0 radical (unpaired) electrons. The van der Waals surface area contributed by atoms with Crippen LogP contribution in [0.5, 0.6) is 0 Å². The molecule has 0 fully saturated rings. The summed E-state index contributed by atoms with van der Waals surface area (Å²) < 4.78 is 48.2. The van der Waals surface area contributed by atoms with Gasteiger partial charge in [-0.3, -0.25) is 4.79 Å². The van der Waals surface area contributed by atoms with Gasteiger partial charge >= 0.3 is 6.18 Å². The van der Waals surface area contributed by atoms with Gasteiger partial charge < -0.3 is 14.6 Å². The van der Waals surface area contributed by atoms with Gasteiger partial charge in [0.2, 0.25) is 11.8 Å². The van der Waals surface area contributed by atoms with Crippen LogP contribution in [0.15, 0.2) is 28.8 Å². The summed E-state index contributed by atoms with van der Waals surface area (Å²) in [5.74, 6) is -0.109. The van der Waals surface area contributed by atoms with Gasteiger partial charge in [0.25, 0.3) is 0 Å². The molecule has 0 unspecified atom stereocenters. The molecule has 0 aliphatic rings. The van der Waals surface area contributed by atoms with E-state index in [0.717, 1.165) is 6.07 Å². The fourth-order valence-electron chi connectivity index (χ4n) is 1.91. The van der Waals surface area contributed by atoms with E-state index in [1.807, 2.05) is 0 Å². The summed E-state index contributed by atoms with van der Waals surface area (Å²) in [6.07, 6.45) is -4.90. The van der Waals surface area contributed by atoms with Crippen LogP contribution in [-0.4, -0.2) is 23.2 Å². The molecule has 2 aromatic rings. The number of carbonyl (C=O) groups is 1. The van der Waals surface area contributed by atoms with Crippen molar-refractivity contribution < 1.29 is 27.2 Å². The lowest BCUT2D eigenvalue weighted by Crippen LogP contribution is -2.26. The van der Waals surface area contributed by atoms with Crippen LogP contribution in [0.25, 0.3) is 0 Å². The average molecular weight is 329 g/mol. The lowest BCUT2D eigenvalue weighted by atomic mass is 10.0. The molecular formula is C14H14F3N3O3. The highest BCUT2D eigenvalue weighted by atomic mass is 19.4. The summed E-state index contributed by atoms with van der Waals surface area (Å²) in [5.41, 5.74) is -0.918. The maximum absolute atomic E-state index is 12.8. The van der Waals surface area contributed by atoms with Crippen LogP contribution in [0.1, 0.15) is 22.8 Å². The Kier molecular flexibility index (Phi) is 5.32. The molecule has 0 aliphatic heterocycles. The maximum Gasteiger partial charge on any atom is 0.416 e. The van der Waals surface area contributed by atoms with Crippen LogP contribution in [0.4, 0.5) is 13.2 Å². The molecule has 0 saturated carbocycles. The van der Waals surface area contributed by atoms with Gasteiger partial charge in [-0.05, 0) is 11.6 Å². The van der Waals surface area contributed by atoms with Gasteiger partial charge in [0.15, 0.2) is 5.82 Å². The van der Waals surface area contributed by atoms with E-state index >= 15 is 0 Å². The summed E-state index contributed by atoms with van der Waals surface area (Å²) in [6, 6.07) is 4.94. The van der Waals surface area contributed by atoms with Gasteiger partial charge in [-0.25, -0.2) is 0 Å². The van der Waals surface area contributed by atoms with E-state index in [1.165, 1.54) is 25.3 Å². The molecule has 0 saturated heterocycles. The van der Waals surface area contributed by atoms with Crippen LogP contribution in [0.3, 0.4) is 0 Å². The Hall–Kier alpha value is -2.42. The predicted octanol–water partition coefficient (Wildman–Crippen LogP) is 2.09. The van der Waals surface area contributed by atoms with Crippen molar-refractivity contribution in [2.45, 2.75) is 25.7 Å². The van der Waals surface area contributed by atoms with Crippen LogP contribution in [0.2, 0.25) is 0 Å². The second-order valence-electron chi connectivity index (χ2n) is 4.65. The Morgan fingerprint density at radius 3 is 2.78 bits per heavy atom. The highest BCUT2D eigenvalue weighted by Crippen LogP contribution is 2.31. The van der Waals surface area contributed by atoms with Crippen LogP contribution >= 0.6 is 0 Å². The lowest BCUT2D eigenvalue weighted by molar-refractivity contribution is -0.138. The second kappa shape index (κ2) is 7.23. The number of nitrogens with zero attached hydrogens (tertiary/aromatic N) is 2. The molecule has 9 heteroatoms. The smallest absolute Gasteiger partial charge is 0.377 e. The van der Waals surface area contributed by atoms with Gasteiger partial charge in [-0.1, -0.05) is 23.4 Å². The van der Waals surface area contributed by atoms with E-state index in [2.05, 4.69) is 15.5 Å². The highest BCUT2D eigenvalue weighted by molar-refractivity contribution is 5.78. The summed E-state index contributed by atoms with van der Waals surface area (Å²) in [7, 11) is 1.47.